The van der Waals surface area contributed by atoms with E-state index >= 15 is 0 Å². The van der Waals surface area contributed by atoms with E-state index in [1.54, 1.807) is 0 Å². The van der Waals surface area contributed by atoms with E-state index in [9.17, 15) is 20.1 Å². The van der Waals surface area contributed by atoms with Crippen molar-refractivity contribution in [3.05, 3.63) is 0 Å². The van der Waals surface area contributed by atoms with Gasteiger partial charge in [-0.25, -0.2) is 0 Å². The van der Waals surface area contributed by atoms with Crippen LogP contribution in [0.15, 0.2) is 0 Å². The Kier molecular flexibility index (Phi) is 2.69. The van der Waals surface area contributed by atoms with Crippen molar-refractivity contribution in [3.63, 3.8) is 0 Å². The van der Waals surface area contributed by atoms with Crippen molar-refractivity contribution >= 4 is 6.29 Å². The van der Waals surface area contributed by atoms with E-state index in [0.29, 0.717) is 0 Å². The van der Waals surface area contributed by atoms with Gasteiger partial charge in [-0.1, -0.05) is 0 Å². The summed E-state index contributed by atoms with van der Waals surface area (Å²) in [6, 6.07) is 0. The fourth-order valence-electron chi connectivity index (χ4n) is 1.22. The van der Waals surface area contributed by atoms with Gasteiger partial charge in [0.15, 0.2) is 12.1 Å². The normalized spacial score (nSPS) is 51.8. The lowest BCUT2D eigenvalue weighted by molar-refractivity contribution is -0.328. The SMILES string of the molecule is C[C@@]1(O)O[C@H](C=O)[C@H](O)[C@H](O)[C@H]1O. The van der Waals surface area contributed by atoms with Crippen molar-refractivity contribution in [1.29, 1.82) is 0 Å². The van der Waals surface area contributed by atoms with Crippen LogP contribution in [0.25, 0.3) is 0 Å². The van der Waals surface area contributed by atoms with E-state index in [0.717, 1.165) is 6.92 Å². The first kappa shape index (κ1) is 10.6. The number of carbonyl (C=O) groups excluding carboxylic acids is 1. The van der Waals surface area contributed by atoms with Crippen molar-refractivity contribution in [2.45, 2.75) is 37.1 Å². The van der Waals surface area contributed by atoms with Crippen LogP contribution in [0.4, 0.5) is 0 Å². The molecule has 0 aromatic heterocycles. The van der Waals surface area contributed by atoms with Crippen LogP contribution in [0.5, 0.6) is 0 Å². The van der Waals surface area contributed by atoms with E-state index in [4.69, 9.17) is 5.11 Å². The molecule has 6 nitrogen and oxygen atoms in total. The molecular formula is C7H12O6. The summed E-state index contributed by atoms with van der Waals surface area (Å²) < 4.78 is 4.65. The van der Waals surface area contributed by atoms with Gasteiger partial charge in [0.1, 0.15) is 24.4 Å². The molecule has 1 rings (SSSR count). The van der Waals surface area contributed by atoms with Gasteiger partial charge >= 0.3 is 0 Å². The molecule has 76 valence electrons. The summed E-state index contributed by atoms with van der Waals surface area (Å²) >= 11 is 0. The lowest BCUT2D eigenvalue weighted by atomic mass is 9.94. The maximum absolute atomic E-state index is 10.3. The third-order valence-corrected chi connectivity index (χ3v) is 2.07. The minimum absolute atomic E-state index is 0.258. The molecular weight excluding hydrogens is 180 g/mol. The maximum Gasteiger partial charge on any atom is 0.192 e. The van der Waals surface area contributed by atoms with Crippen LogP contribution >= 0.6 is 0 Å². The van der Waals surface area contributed by atoms with Crippen LogP contribution in [0, 0.1) is 0 Å². The fraction of sp³-hybridized carbons (Fsp3) is 0.857. The monoisotopic (exact) mass is 192 g/mol. The zero-order valence-corrected chi connectivity index (χ0v) is 6.99. The summed E-state index contributed by atoms with van der Waals surface area (Å²) in [5, 5.41) is 36.9. The number of aliphatic hydroxyl groups is 4. The third-order valence-electron chi connectivity index (χ3n) is 2.07. The minimum Gasteiger partial charge on any atom is -0.387 e. The zero-order valence-electron chi connectivity index (χ0n) is 6.99. The van der Waals surface area contributed by atoms with E-state index < -0.39 is 30.2 Å². The molecule has 0 bridgehead atoms. The standard InChI is InChI=1S/C7H12O6/c1-7(12)6(11)5(10)4(9)3(2-8)13-7/h2-6,9-12H,1H3/t3-,4+,5+,6-,7-/m1/s1. The van der Waals surface area contributed by atoms with Crippen molar-refractivity contribution in [1.82, 2.24) is 0 Å². The van der Waals surface area contributed by atoms with E-state index in [1.165, 1.54) is 0 Å². The molecule has 1 fully saturated rings. The highest BCUT2D eigenvalue weighted by Gasteiger charge is 2.49. The van der Waals surface area contributed by atoms with Gasteiger partial charge in [0.2, 0.25) is 0 Å². The van der Waals surface area contributed by atoms with E-state index in [1.807, 2.05) is 0 Å². The summed E-state index contributed by atoms with van der Waals surface area (Å²) in [6.45, 7) is 1.10. The molecule has 0 aromatic carbocycles. The summed E-state index contributed by atoms with van der Waals surface area (Å²) in [5.41, 5.74) is 0. The van der Waals surface area contributed by atoms with Crippen LogP contribution < -0.4 is 0 Å². The predicted molar refractivity (Wildman–Crippen MR) is 39.6 cm³/mol. The number of aldehydes is 1. The molecule has 1 heterocycles. The summed E-state index contributed by atoms with van der Waals surface area (Å²) in [7, 11) is 0. The van der Waals surface area contributed by atoms with Crippen molar-refractivity contribution in [2.24, 2.45) is 0 Å². The highest BCUT2D eigenvalue weighted by molar-refractivity contribution is 5.57. The summed E-state index contributed by atoms with van der Waals surface area (Å²) in [5.74, 6) is -2.02. The molecule has 0 radical (unpaired) electrons. The number of carbonyl (C=O) groups is 1. The second kappa shape index (κ2) is 3.32. The van der Waals surface area contributed by atoms with Crippen LogP contribution in [0.3, 0.4) is 0 Å². The predicted octanol–water partition coefficient (Wildman–Crippen LogP) is -2.62. The molecule has 13 heavy (non-hydrogen) atoms. The second-order valence-corrected chi connectivity index (χ2v) is 3.20. The Balaban J connectivity index is 2.85. The van der Waals surface area contributed by atoms with Gasteiger partial charge in [-0.3, -0.25) is 0 Å². The van der Waals surface area contributed by atoms with Crippen LogP contribution in [0.1, 0.15) is 6.92 Å². The summed E-state index contributed by atoms with van der Waals surface area (Å²) in [6.07, 6.45) is -5.83. The molecule has 0 aliphatic carbocycles. The van der Waals surface area contributed by atoms with Crippen molar-refractivity contribution < 1.29 is 30.0 Å². The molecule has 0 unspecified atom stereocenters. The highest BCUT2D eigenvalue weighted by atomic mass is 16.7. The molecule has 6 heteroatoms. The number of hydrogen-bond donors (Lipinski definition) is 4. The topological polar surface area (TPSA) is 107 Å². The smallest absolute Gasteiger partial charge is 0.192 e. The first-order chi connectivity index (χ1) is 5.90. The quantitative estimate of drug-likeness (QED) is 0.339. The van der Waals surface area contributed by atoms with Crippen LogP contribution in [-0.4, -0.2) is 56.9 Å². The molecule has 0 saturated carbocycles. The van der Waals surface area contributed by atoms with Gasteiger partial charge < -0.3 is 30.0 Å². The lowest BCUT2D eigenvalue weighted by Crippen LogP contribution is -2.63. The molecule has 1 saturated heterocycles. The number of rotatable bonds is 1. The second-order valence-electron chi connectivity index (χ2n) is 3.20. The molecule has 1 aliphatic heterocycles. The lowest BCUT2D eigenvalue weighted by Gasteiger charge is -2.42. The van der Waals surface area contributed by atoms with Gasteiger partial charge in [-0.15, -0.1) is 0 Å². The number of hydrogen-bond acceptors (Lipinski definition) is 6. The molecule has 0 amide bonds. The molecule has 1 aliphatic rings. The maximum atomic E-state index is 10.3. The molecule has 0 spiro atoms. The Labute approximate surface area is 74.4 Å². The minimum atomic E-state index is -2.02. The largest absolute Gasteiger partial charge is 0.387 e. The number of ether oxygens (including phenoxy) is 1. The van der Waals surface area contributed by atoms with Gasteiger partial charge in [0.25, 0.3) is 0 Å². The van der Waals surface area contributed by atoms with Gasteiger partial charge in [-0.05, 0) is 6.92 Å². The van der Waals surface area contributed by atoms with Gasteiger partial charge in [-0.2, -0.15) is 0 Å². The molecule has 0 aromatic rings. The van der Waals surface area contributed by atoms with E-state index in [-0.39, 0.29) is 6.29 Å². The average molecular weight is 192 g/mol. The molecule has 4 N–H and O–H groups in total. The summed E-state index contributed by atoms with van der Waals surface area (Å²) in [4.78, 5) is 10.3. The van der Waals surface area contributed by atoms with Crippen LogP contribution in [-0.2, 0) is 9.53 Å². The average Bonchev–Trinajstić information content (AvgIpc) is 2.08. The fourth-order valence-corrected chi connectivity index (χ4v) is 1.22. The Morgan fingerprint density at radius 3 is 2.31 bits per heavy atom. The Hall–Kier alpha value is -0.530. The van der Waals surface area contributed by atoms with Gasteiger partial charge in [0.05, 0.1) is 0 Å². The van der Waals surface area contributed by atoms with Crippen molar-refractivity contribution in [2.75, 3.05) is 0 Å². The first-order valence-corrected chi connectivity index (χ1v) is 3.80. The first-order valence-electron chi connectivity index (χ1n) is 3.80. The highest BCUT2D eigenvalue weighted by Crippen LogP contribution is 2.26. The van der Waals surface area contributed by atoms with Crippen LogP contribution in [0.2, 0.25) is 0 Å². The zero-order chi connectivity index (χ0) is 10.2. The van der Waals surface area contributed by atoms with Gasteiger partial charge in [0, 0.05) is 0 Å². The molecule has 5 atom stereocenters. The third kappa shape index (κ3) is 1.72. The number of aliphatic hydroxyl groups excluding tert-OH is 3. The Morgan fingerprint density at radius 2 is 1.85 bits per heavy atom. The Bertz CT molecular complexity index is 203. The van der Waals surface area contributed by atoms with E-state index in [2.05, 4.69) is 4.74 Å². The Morgan fingerprint density at radius 1 is 1.31 bits per heavy atom. The van der Waals surface area contributed by atoms with Crippen molar-refractivity contribution in [3.8, 4) is 0 Å².